The molecule has 0 radical (unpaired) electrons. The van der Waals surface area contributed by atoms with Crippen LogP contribution in [0.5, 0.6) is 0 Å². The molecule has 1 aliphatic rings. The van der Waals surface area contributed by atoms with E-state index in [1.165, 1.54) is 10.6 Å². The van der Waals surface area contributed by atoms with Crippen LogP contribution < -0.4 is 5.56 Å². The van der Waals surface area contributed by atoms with Crippen LogP contribution in [-0.4, -0.2) is 15.8 Å². The highest BCUT2D eigenvalue weighted by Crippen LogP contribution is 2.33. The van der Waals surface area contributed by atoms with Gasteiger partial charge in [0.05, 0.1) is 11.1 Å². The lowest BCUT2D eigenvalue weighted by Crippen LogP contribution is -2.20. The largest absolute Gasteiger partial charge is 0.443 e. The monoisotopic (exact) mass is 387 g/mol. The standard InChI is InChI=1S/C20H16F3N3O2/c1-12(3-2-8-24-10-13-4-5-13)26-16-9-14(20(21,22)23)6-7-15(16)18-17(19(26)27)25-11-28-18/h2-3,6-11,13H,4-5H2,1H3/b8-2-,12-3+,24-10?. The average molecular weight is 387 g/mol. The number of hydrogen-bond donors (Lipinski definition) is 0. The molecule has 2 heterocycles. The van der Waals surface area contributed by atoms with Crippen molar-refractivity contribution in [2.24, 2.45) is 10.9 Å². The Kier molecular flexibility index (Phi) is 4.41. The topological polar surface area (TPSA) is 60.4 Å². The summed E-state index contributed by atoms with van der Waals surface area (Å²) in [6.07, 6.45) is 5.59. The molecule has 28 heavy (non-hydrogen) atoms. The first-order valence-corrected chi connectivity index (χ1v) is 8.72. The molecule has 3 aromatic rings. The van der Waals surface area contributed by atoms with Crippen LogP contribution in [0.3, 0.4) is 0 Å². The lowest BCUT2D eigenvalue weighted by molar-refractivity contribution is -0.137. The first kappa shape index (κ1) is 18.2. The van der Waals surface area contributed by atoms with Gasteiger partial charge in [-0.2, -0.15) is 13.2 Å². The maximum atomic E-state index is 13.2. The lowest BCUT2D eigenvalue weighted by atomic mass is 10.1. The number of rotatable bonds is 4. The highest BCUT2D eigenvalue weighted by atomic mass is 19.4. The van der Waals surface area contributed by atoms with Crippen molar-refractivity contribution >= 4 is 33.9 Å². The zero-order chi connectivity index (χ0) is 19.9. The van der Waals surface area contributed by atoms with E-state index in [2.05, 4.69) is 9.98 Å². The summed E-state index contributed by atoms with van der Waals surface area (Å²) in [5, 5.41) is 0.378. The van der Waals surface area contributed by atoms with Crippen molar-refractivity contribution < 1.29 is 17.6 Å². The SMILES string of the molecule is C/C(=C\C=C/N=CC1CC1)n1c(=O)c2ncoc2c2ccc(C(F)(F)F)cc21. The molecular weight excluding hydrogens is 371 g/mol. The van der Waals surface area contributed by atoms with E-state index in [4.69, 9.17) is 4.42 Å². The number of halogens is 3. The van der Waals surface area contributed by atoms with Crippen molar-refractivity contribution in [1.82, 2.24) is 9.55 Å². The minimum Gasteiger partial charge on any atom is -0.443 e. The Hall–Kier alpha value is -3.16. The number of nitrogens with zero attached hydrogens (tertiary/aromatic N) is 3. The first-order chi connectivity index (χ1) is 13.4. The van der Waals surface area contributed by atoms with Crippen LogP contribution in [0, 0.1) is 5.92 Å². The van der Waals surface area contributed by atoms with Gasteiger partial charge in [-0.05, 0) is 56.0 Å². The normalized spacial score (nSPS) is 16.2. The van der Waals surface area contributed by atoms with Crippen molar-refractivity contribution in [3.63, 3.8) is 0 Å². The van der Waals surface area contributed by atoms with Crippen molar-refractivity contribution in [2.75, 3.05) is 0 Å². The van der Waals surface area contributed by atoms with Gasteiger partial charge in [-0.25, -0.2) is 4.98 Å². The van der Waals surface area contributed by atoms with E-state index < -0.39 is 17.3 Å². The fourth-order valence-corrected chi connectivity index (χ4v) is 2.96. The third-order valence-electron chi connectivity index (χ3n) is 4.56. The summed E-state index contributed by atoms with van der Waals surface area (Å²) in [7, 11) is 0. The average Bonchev–Trinajstić information content (AvgIpc) is 3.33. The zero-order valence-electron chi connectivity index (χ0n) is 14.9. The van der Waals surface area contributed by atoms with Crippen molar-refractivity contribution in [1.29, 1.82) is 0 Å². The van der Waals surface area contributed by atoms with Crippen molar-refractivity contribution in [2.45, 2.75) is 25.9 Å². The molecule has 5 nitrogen and oxygen atoms in total. The van der Waals surface area contributed by atoms with Gasteiger partial charge in [0.1, 0.15) is 0 Å². The van der Waals surface area contributed by atoms with Crippen LogP contribution in [0.25, 0.3) is 27.7 Å². The predicted octanol–water partition coefficient (Wildman–Crippen LogP) is 5.02. The summed E-state index contributed by atoms with van der Waals surface area (Å²) < 4.78 is 46.1. The van der Waals surface area contributed by atoms with E-state index in [9.17, 15) is 18.0 Å². The van der Waals surface area contributed by atoms with Crippen molar-refractivity contribution in [3.8, 4) is 0 Å². The Morgan fingerprint density at radius 3 is 2.86 bits per heavy atom. The molecule has 0 unspecified atom stereocenters. The third-order valence-corrected chi connectivity index (χ3v) is 4.56. The van der Waals surface area contributed by atoms with Gasteiger partial charge < -0.3 is 4.42 Å². The zero-order valence-corrected chi connectivity index (χ0v) is 14.9. The number of benzene rings is 1. The van der Waals surface area contributed by atoms with Crippen LogP contribution in [0.2, 0.25) is 0 Å². The van der Waals surface area contributed by atoms with Gasteiger partial charge >= 0.3 is 6.18 Å². The fourth-order valence-electron chi connectivity index (χ4n) is 2.96. The number of fused-ring (bicyclic) bond motifs is 3. The Morgan fingerprint density at radius 2 is 2.14 bits per heavy atom. The smallest absolute Gasteiger partial charge is 0.416 e. The molecule has 0 N–H and O–H groups in total. The van der Waals surface area contributed by atoms with E-state index >= 15 is 0 Å². The second-order valence-corrected chi connectivity index (χ2v) is 6.69. The molecule has 0 atom stereocenters. The minimum absolute atomic E-state index is 0.0655. The molecular formula is C20H16F3N3O2. The summed E-state index contributed by atoms with van der Waals surface area (Å²) in [4.78, 5) is 20.9. The molecule has 0 aliphatic heterocycles. The van der Waals surface area contributed by atoms with E-state index in [1.54, 1.807) is 25.3 Å². The second-order valence-electron chi connectivity index (χ2n) is 6.69. The third kappa shape index (κ3) is 3.37. The molecule has 8 heteroatoms. The van der Waals surface area contributed by atoms with Gasteiger partial charge in [-0.15, -0.1) is 0 Å². The highest BCUT2D eigenvalue weighted by Gasteiger charge is 2.31. The molecule has 144 valence electrons. The van der Waals surface area contributed by atoms with E-state index in [0.717, 1.165) is 31.4 Å². The minimum atomic E-state index is -4.53. The van der Waals surface area contributed by atoms with Gasteiger partial charge in [0.2, 0.25) is 0 Å². The molecule has 1 aliphatic carbocycles. The Bertz CT molecular complexity index is 1200. The molecule has 0 amide bonds. The summed E-state index contributed by atoms with van der Waals surface area (Å²) in [5.74, 6) is 0.539. The molecule has 1 saturated carbocycles. The Morgan fingerprint density at radius 1 is 1.36 bits per heavy atom. The summed E-state index contributed by atoms with van der Waals surface area (Å²) >= 11 is 0. The second kappa shape index (κ2) is 6.78. The van der Waals surface area contributed by atoms with Crippen LogP contribution in [0.4, 0.5) is 13.2 Å². The predicted molar refractivity (Wildman–Crippen MR) is 101 cm³/mol. The summed E-state index contributed by atoms with van der Waals surface area (Å²) in [6, 6.07) is 3.21. The Balaban J connectivity index is 1.88. The maximum absolute atomic E-state index is 13.2. The van der Waals surface area contributed by atoms with Gasteiger partial charge in [0.15, 0.2) is 17.5 Å². The molecule has 0 bridgehead atoms. The maximum Gasteiger partial charge on any atom is 0.416 e. The summed E-state index contributed by atoms with van der Waals surface area (Å²) in [6.45, 7) is 1.64. The number of aliphatic imine (C=N–C) groups is 1. The molecule has 1 aromatic carbocycles. The number of allylic oxidation sites excluding steroid dienone is 3. The van der Waals surface area contributed by atoms with Crippen molar-refractivity contribution in [3.05, 3.63) is 58.9 Å². The highest BCUT2D eigenvalue weighted by molar-refractivity contribution is 6.02. The van der Waals surface area contributed by atoms with Gasteiger partial charge in [-0.3, -0.25) is 14.4 Å². The van der Waals surface area contributed by atoms with Gasteiger partial charge in [0, 0.05) is 23.5 Å². The number of oxazole rings is 1. The Labute approximate surface area is 157 Å². The molecule has 4 rings (SSSR count). The van der Waals surface area contributed by atoms with E-state index in [-0.39, 0.29) is 16.6 Å². The van der Waals surface area contributed by atoms with Crippen LogP contribution in [-0.2, 0) is 6.18 Å². The molecule has 0 spiro atoms. The molecule has 1 fully saturated rings. The first-order valence-electron chi connectivity index (χ1n) is 8.72. The van der Waals surface area contributed by atoms with Crippen LogP contribution >= 0.6 is 0 Å². The number of aromatic nitrogens is 2. The number of hydrogen-bond acceptors (Lipinski definition) is 4. The molecule has 2 aromatic heterocycles. The van der Waals surface area contributed by atoms with Gasteiger partial charge in [0.25, 0.3) is 5.56 Å². The van der Waals surface area contributed by atoms with E-state index in [0.29, 0.717) is 17.0 Å². The number of pyridine rings is 1. The van der Waals surface area contributed by atoms with Crippen LogP contribution in [0.15, 0.2) is 57.1 Å². The quantitative estimate of drug-likeness (QED) is 0.467. The van der Waals surface area contributed by atoms with Gasteiger partial charge in [-0.1, -0.05) is 0 Å². The van der Waals surface area contributed by atoms with Crippen LogP contribution in [0.1, 0.15) is 25.3 Å². The lowest BCUT2D eigenvalue weighted by Gasteiger charge is -2.13. The summed E-state index contributed by atoms with van der Waals surface area (Å²) in [5.41, 5.74) is -0.605. The molecule has 0 saturated heterocycles. The number of alkyl halides is 3. The fraction of sp³-hybridized carbons (Fsp3) is 0.250. The van der Waals surface area contributed by atoms with E-state index in [1.807, 2.05) is 6.21 Å².